The predicted molar refractivity (Wildman–Crippen MR) is 157 cm³/mol. The summed E-state index contributed by atoms with van der Waals surface area (Å²) >= 11 is 5.89. The molecular formula is C28H34ClN5O7S. The van der Waals surface area contributed by atoms with Crippen molar-refractivity contribution in [2.24, 2.45) is 5.92 Å². The summed E-state index contributed by atoms with van der Waals surface area (Å²) in [6, 6.07) is 9.18. The first kappa shape index (κ1) is 31.1. The molecule has 226 valence electrons. The van der Waals surface area contributed by atoms with Gasteiger partial charge in [0.05, 0.1) is 29.7 Å². The Morgan fingerprint density at radius 3 is 2.55 bits per heavy atom. The zero-order valence-corrected chi connectivity index (χ0v) is 25.5. The summed E-state index contributed by atoms with van der Waals surface area (Å²) in [4.78, 5) is 29.7. The second-order valence-electron chi connectivity index (χ2n) is 10.4. The van der Waals surface area contributed by atoms with Crippen LogP contribution in [0, 0.1) is 19.8 Å². The summed E-state index contributed by atoms with van der Waals surface area (Å²) in [6.07, 6.45) is -0.553. The van der Waals surface area contributed by atoms with Gasteiger partial charge >= 0.3 is 6.03 Å². The highest BCUT2D eigenvalue weighted by Crippen LogP contribution is 2.32. The Morgan fingerprint density at radius 2 is 1.93 bits per heavy atom. The van der Waals surface area contributed by atoms with Gasteiger partial charge in [-0.3, -0.25) is 9.52 Å². The molecule has 3 amide bonds. The smallest absolute Gasteiger partial charge is 0.321 e. The molecule has 0 fully saturated rings. The van der Waals surface area contributed by atoms with Gasteiger partial charge in [0.25, 0.3) is 15.9 Å². The summed E-state index contributed by atoms with van der Waals surface area (Å²) in [5.41, 5.74) is 1.31. The lowest BCUT2D eigenvalue weighted by Gasteiger charge is -2.38. The Morgan fingerprint density at radius 1 is 1.24 bits per heavy atom. The number of aliphatic hydroxyl groups excluding tert-OH is 1. The molecule has 3 aromatic rings. The molecule has 2 heterocycles. The molecule has 1 aliphatic heterocycles. The number of sulfonamides is 1. The van der Waals surface area contributed by atoms with Crippen molar-refractivity contribution >= 4 is 44.9 Å². The van der Waals surface area contributed by atoms with Gasteiger partial charge < -0.3 is 29.5 Å². The first-order valence-corrected chi connectivity index (χ1v) is 15.1. The summed E-state index contributed by atoms with van der Waals surface area (Å²) < 4.78 is 39.9. The maximum atomic E-state index is 13.7. The van der Waals surface area contributed by atoms with Crippen LogP contribution in [0.2, 0.25) is 5.02 Å². The van der Waals surface area contributed by atoms with E-state index in [0.29, 0.717) is 22.2 Å². The minimum atomic E-state index is -3.97. The van der Waals surface area contributed by atoms with Gasteiger partial charge in [-0.2, -0.15) is 0 Å². The molecule has 3 atom stereocenters. The third kappa shape index (κ3) is 6.80. The number of nitrogens with one attached hydrogen (secondary N) is 2. The van der Waals surface area contributed by atoms with E-state index in [9.17, 15) is 23.1 Å². The van der Waals surface area contributed by atoms with Gasteiger partial charge in [-0.25, -0.2) is 13.2 Å². The number of urea groups is 1. The van der Waals surface area contributed by atoms with Gasteiger partial charge in [0, 0.05) is 30.2 Å². The maximum absolute atomic E-state index is 13.7. The first-order valence-electron chi connectivity index (χ1n) is 13.3. The summed E-state index contributed by atoms with van der Waals surface area (Å²) in [6.45, 7) is 7.15. The van der Waals surface area contributed by atoms with Crippen molar-refractivity contribution in [2.45, 2.75) is 44.7 Å². The van der Waals surface area contributed by atoms with Crippen molar-refractivity contribution in [1.82, 2.24) is 15.0 Å². The number of fused-ring (bicyclic) bond motifs is 1. The summed E-state index contributed by atoms with van der Waals surface area (Å²) in [7, 11) is -2.35. The zero-order chi connectivity index (χ0) is 30.8. The molecule has 4 rings (SSSR count). The van der Waals surface area contributed by atoms with Crippen molar-refractivity contribution in [1.29, 1.82) is 0 Å². The molecule has 0 radical (unpaired) electrons. The largest absolute Gasteiger partial charge is 0.487 e. The second-order valence-corrected chi connectivity index (χ2v) is 12.5. The molecule has 14 heteroatoms. The minimum Gasteiger partial charge on any atom is -0.487 e. The number of aliphatic hydroxyl groups is 1. The summed E-state index contributed by atoms with van der Waals surface area (Å²) in [5.74, 6) is 0.0384. The Bertz CT molecular complexity index is 1540. The zero-order valence-electron chi connectivity index (χ0n) is 23.9. The number of hydrogen-bond acceptors (Lipinski definition) is 8. The van der Waals surface area contributed by atoms with Gasteiger partial charge in [-0.05, 0) is 63.2 Å². The fraction of sp³-hybridized carbons (Fsp3) is 0.393. The van der Waals surface area contributed by atoms with Crippen molar-refractivity contribution in [3.8, 4) is 5.75 Å². The lowest BCUT2D eigenvalue weighted by atomic mass is 9.99. The van der Waals surface area contributed by atoms with E-state index in [-0.39, 0.29) is 47.5 Å². The molecule has 42 heavy (non-hydrogen) atoms. The van der Waals surface area contributed by atoms with Crippen LogP contribution in [0.1, 0.15) is 35.7 Å². The molecule has 1 aliphatic rings. The fourth-order valence-electron chi connectivity index (χ4n) is 4.55. The highest BCUT2D eigenvalue weighted by atomic mass is 35.5. The lowest BCUT2D eigenvalue weighted by molar-refractivity contribution is 0.0371. The van der Waals surface area contributed by atoms with Crippen LogP contribution in [-0.2, 0) is 10.0 Å². The lowest BCUT2D eigenvalue weighted by Crippen LogP contribution is -2.50. The highest BCUT2D eigenvalue weighted by Gasteiger charge is 2.34. The molecule has 2 aromatic carbocycles. The molecule has 0 saturated heterocycles. The summed E-state index contributed by atoms with van der Waals surface area (Å²) in [5, 5.41) is 17.0. The molecule has 3 N–H and O–H groups in total. The molecule has 1 aromatic heterocycles. The van der Waals surface area contributed by atoms with Gasteiger partial charge in [-0.15, -0.1) is 0 Å². The van der Waals surface area contributed by atoms with E-state index in [4.69, 9.17) is 20.9 Å². The number of carbonyl (C=O) groups is 2. The fourth-order valence-corrected chi connectivity index (χ4v) is 5.72. The number of amides is 3. The molecular weight excluding hydrogens is 586 g/mol. The van der Waals surface area contributed by atoms with E-state index < -0.39 is 34.1 Å². The van der Waals surface area contributed by atoms with E-state index in [0.717, 1.165) is 0 Å². The standard InChI is InChI=1S/C28H34ClN5O7S/c1-16-13-34(17(2)15-35)27(36)23-12-21(32-42(38,39)22-9-6-20(29)7-10-22)8-11-24(23)40-25(16)14-33(5)28(37)30-26-18(3)31-41-19(26)4/h6-12,16-17,25,32,35H,13-15H2,1-5H3,(H,30,37)/t16-,17-,25-/m1/s1. The number of nitrogens with zero attached hydrogens (tertiary/aromatic N) is 3. The van der Waals surface area contributed by atoms with Gasteiger partial charge in [0.15, 0.2) is 5.76 Å². The van der Waals surface area contributed by atoms with Crippen LogP contribution < -0.4 is 14.8 Å². The number of anilines is 2. The average Bonchev–Trinajstić information content (AvgIpc) is 3.26. The second kappa shape index (κ2) is 12.6. The van der Waals surface area contributed by atoms with Crippen LogP contribution in [-0.4, -0.2) is 79.3 Å². The predicted octanol–water partition coefficient (Wildman–Crippen LogP) is 4.13. The quantitative estimate of drug-likeness (QED) is 0.340. The maximum Gasteiger partial charge on any atom is 0.321 e. The van der Waals surface area contributed by atoms with E-state index in [1.165, 1.54) is 52.3 Å². The Kier molecular flexibility index (Phi) is 9.34. The molecule has 0 saturated carbocycles. The van der Waals surface area contributed by atoms with Gasteiger partial charge in [0.2, 0.25) is 0 Å². The van der Waals surface area contributed by atoms with Crippen LogP contribution in [0.15, 0.2) is 51.9 Å². The third-order valence-corrected chi connectivity index (χ3v) is 8.76. The Labute approximate surface area is 249 Å². The SMILES string of the molecule is Cc1noc(C)c1NC(=O)N(C)C[C@H]1Oc2ccc(NS(=O)(=O)c3ccc(Cl)cc3)cc2C(=O)N([C@H](C)CO)C[C@H]1C. The number of hydrogen-bond donors (Lipinski definition) is 3. The molecule has 0 bridgehead atoms. The number of ether oxygens (including phenoxy) is 1. The number of carbonyl (C=O) groups excluding carboxylic acids is 2. The molecule has 0 aliphatic carbocycles. The van der Waals surface area contributed by atoms with E-state index in [2.05, 4.69) is 15.2 Å². The van der Waals surface area contributed by atoms with Crippen LogP contribution >= 0.6 is 11.6 Å². The van der Waals surface area contributed by atoms with Crippen LogP contribution in [0.5, 0.6) is 5.75 Å². The topological polar surface area (TPSA) is 154 Å². The molecule has 0 spiro atoms. The van der Waals surface area contributed by atoms with Gasteiger partial charge in [-0.1, -0.05) is 23.7 Å². The number of benzene rings is 2. The van der Waals surface area contributed by atoms with Crippen molar-refractivity contribution in [3.63, 3.8) is 0 Å². The van der Waals surface area contributed by atoms with E-state index in [1.54, 1.807) is 27.8 Å². The Hall–Kier alpha value is -3.81. The van der Waals surface area contributed by atoms with Crippen LogP contribution in [0.3, 0.4) is 0 Å². The Balaban J connectivity index is 1.62. The monoisotopic (exact) mass is 619 g/mol. The normalized spacial score (nSPS) is 17.9. The van der Waals surface area contributed by atoms with Gasteiger partial charge in [0.1, 0.15) is 23.2 Å². The van der Waals surface area contributed by atoms with Crippen LogP contribution in [0.25, 0.3) is 0 Å². The van der Waals surface area contributed by atoms with Crippen molar-refractivity contribution < 1.29 is 32.4 Å². The van der Waals surface area contributed by atoms with Crippen LogP contribution in [0.4, 0.5) is 16.2 Å². The number of aromatic nitrogens is 1. The van der Waals surface area contributed by atoms with Crippen molar-refractivity contribution in [3.05, 3.63) is 64.5 Å². The first-order chi connectivity index (χ1) is 19.8. The minimum absolute atomic E-state index is 0.00328. The third-order valence-electron chi connectivity index (χ3n) is 7.11. The molecule has 0 unspecified atom stereocenters. The average molecular weight is 620 g/mol. The number of likely N-dealkylation sites (N-methyl/N-ethyl adjacent to an activating group) is 1. The van der Waals surface area contributed by atoms with E-state index in [1.807, 2.05) is 6.92 Å². The molecule has 12 nitrogen and oxygen atoms in total. The van der Waals surface area contributed by atoms with E-state index >= 15 is 0 Å². The van der Waals surface area contributed by atoms with Crippen molar-refractivity contribution in [2.75, 3.05) is 36.8 Å². The number of rotatable bonds is 8. The highest BCUT2D eigenvalue weighted by molar-refractivity contribution is 7.92. The number of aryl methyl sites for hydroxylation is 2. The number of halogens is 1.